The Morgan fingerprint density at radius 2 is 1.96 bits per heavy atom. The van der Waals surface area contributed by atoms with Crippen molar-refractivity contribution in [3.05, 3.63) is 63.7 Å². The summed E-state index contributed by atoms with van der Waals surface area (Å²) in [5.74, 6) is 0. The third kappa shape index (κ3) is 2.44. The Balaban J connectivity index is 2.24. The van der Waals surface area contributed by atoms with E-state index in [1.54, 1.807) is 24.3 Å². The highest BCUT2D eigenvalue weighted by atomic mass is 32.2. The fourth-order valence-electron chi connectivity index (χ4n) is 3.11. The highest BCUT2D eigenvalue weighted by Crippen LogP contribution is 2.39. The standard InChI is InChI=1S/C16H16N2O5S/c1-11-5-4-8-15(18(20)21)16(11)24(22,23)17-13(10-19)9-12-6-2-3-7-14(12)17/h2-8,13,19H,9-10H2,1H3/t13-/m1/s1. The van der Waals surface area contributed by atoms with Crippen LogP contribution in [0, 0.1) is 17.0 Å². The molecule has 0 aromatic heterocycles. The van der Waals surface area contributed by atoms with E-state index in [0.717, 1.165) is 9.87 Å². The maximum atomic E-state index is 13.2. The summed E-state index contributed by atoms with van der Waals surface area (Å²) in [6, 6.07) is 10.4. The Hall–Kier alpha value is -2.45. The highest BCUT2D eigenvalue weighted by Gasteiger charge is 2.41. The summed E-state index contributed by atoms with van der Waals surface area (Å²) >= 11 is 0. The van der Waals surface area contributed by atoms with Gasteiger partial charge in [-0.1, -0.05) is 30.3 Å². The van der Waals surface area contributed by atoms with Gasteiger partial charge in [0.05, 0.1) is 23.3 Å². The first-order chi connectivity index (χ1) is 11.4. The van der Waals surface area contributed by atoms with Crippen molar-refractivity contribution in [2.24, 2.45) is 0 Å². The third-order valence-corrected chi connectivity index (χ3v) is 6.19. The number of sulfonamides is 1. The molecule has 0 fully saturated rings. The number of anilines is 1. The average Bonchev–Trinajstić information content (AvgIpc) is 2.93. The third-order valence-electron chi connectivity index (χ3n) is 4.13. The van der Waals surface area contributed by atoms with E-state index in [1.807, 2.05) is 0 Å². The summed E-state index contributed by atoms with van der Waals surface area (Å²) in [5.41, 5.74) is 1.08. The molecule has 2 aromatic rings. The number of fused-ring (bicyclic) bond motifs is 1. The van der Waals surface area contributed by atoms with Crippen molar-refractivity contribution >= 4 is 21.4 Å². The fourth-order valence-corrected chi connectivity index (χ4v) is 5.16. The molecule has 1 N–H and O–H groups in total. The molecule has 0 saturated heterocycles. The van der Waals surface area contributed by atoms with Gasteiger partial charge in [0.2, 0.25) is 0 Å². The zero-order valence-electron chi connectivity index (χ0n) is 12.9. The normalized spacial score (nSPS) is 16.9. The second kappa shape index (κ2) is 5.88. The van der Waals surface area contributed by atoms with Crippen LogP contribution in [0.4, 0.5) is 11.4 Å². The van der Waals surface area contributed by atoms with E-state index in [2.05, 4.69) is 0 Å². The zero-order valence-corrected chi connectivity index (χ0v) is 13.7. The minimum atomic E-state index is -4.19. The maximum Gasteiger partial charge on any atom is 0.290 e. The predicted octanol–water partition coefficient (Wildman–Crippen LogP) is 2.02. The molecule has 1 atom stereocenters. The highest BCUT2D eigenvalue weighted by molar-refractivity contribution is 7.93. The second-order valence-electron chi connectivity index (χ2n) is 5.65. The van der Waals surface area contributed by atoms with Crippen LogP contribution in [0.15, 0.2) is 47.4 Å². The molecule has 0 spiro atoms. The average molecular weight is 348 g/mol. The van der Waals surface area contributed by atoms with Crippen LogP contribution in [0.1, 0.15) is 11.1 Å². The molecule has 0 unspecified atom stereocenters. The molecule has 3 rings (SSSR count). The summed E-state index contributed by atoms with van der Waals surface area (Å²) in [7, 11) is -4.19. The largest absolute Gasteiger partial charge is 0.394 e. The van der Waals surface area contributed by atoms with Crippen molar-refractivity contribution in [2.45, 2.75) is 24.3 Å². The van der Waals surface area contributed by atoms with E-state index in [-0.39, 0.29) is 11.5 Å². The van der Waals surface area contributed by atoms with Crippen LogP contribution >= 0.6 is 0 Å². The van der Waals surface area contributed by atoms with Gasteiger partial charge in [0.1, 0.15) is 0 Å². The maximum absolute atomic E-state index is 13.2. The predicted molar refractivity (Wildman–Crippen MR) is 88.5 cm³/mol. The van der Waals surface area contributed by atoms with Crippen LogP contribution in [0.5, 0.6) is 0 Å². The smallest absolute Gasteiger partial charge is 0.290 e. The van der Waals surface area contributed by atoms with Crippen molar-refractivity contribution in [3.63, 3.8) is 0 Å². The summed E-state index contributed by atoms with van der Waals surface area (Å²) < 4.78 is 27.6. The van der Waals surface area contributed by atoms with Crippen molar-refractivity contribution in [2.75, 3.05) is 10.9 Å². The lowest BCUT2D eigenvalue weighted by Gasteiger charge is -2.26. The molecule has 1 aliphatic rings. The number of aryl methyl sites for hydroxylation is 1. The Bertz CT molecular complexity index is 910. The summed E-state index contributed by atoms with van der Waals surface area (Å²) in [4.78, 5) is 10.3. The summed E-state index contributed by atoms with van der Waals surface area (Å²) in [6.07, 6.45) is 0.367. The topological polar surface area (TPSA) is 101 Å². The van der Waals surface area contributed by atoms with Gasteiger partial charge in [-0.15, -0.1) is 0 Å². The number of para-hydroxylation sites is 1. The number of aliphatic hydroxyl groups excluding tert-OH is 1. The molecule has 0 bridgehead atoms. The van der Waals surface area contributed by atoms with Crippen molar-refractivity contribution in [1.82, 2.24) is 0 Å². The van der Waals surface area contributed by atoms with Gasteiger partial charge < -0.3 is 5.11 Å². The lowest BCUT2D eigenvalue weighted by Crippen LogP contribution is -2.40. The van der Waals surface area contributed by atoms with Crippen LogP contribution in [-0.4, -0.2) is 31.1 Å². The lowest BCUT2D eigenvalue weighted by atomic mass is 10.1. The van der Waals surface area contributed by atoms with E-state index in [0.29, 0.717) is 17.7 Å². The molecule has 1 aliphatic heterocycles. The van der Waals surface area contributed by atoms with Gasteiger partial charge in [-0.25, -0.2) is 8.42 Å². The van der Waals surface area contributed by atoms with E-state index < -0.39 is 26.7 Å². The Kier molecular flexibility index (Phi) is 4.02. The SMILES string of the molecule is Cc1cccc([N+](=O)[O-])c1S(=O)(=O)N1c2ccccc2C[C@@H]1CO. The van der Waals surface area contributed by atoms with Gasteiger partial charge in [-0.2, -0.15) is 0 Å². The molecule has 24 heavy (non-hydrogen) atoms. The van der Waals surface area contributed by atoms with Gasteiger partial charge in [-0.3, -0.25) is 14.4 Å². The zero-order chi connectivity index (χ0) is 17.5. The molecule has 0 amide bonds. The molecule has 7 nitrogen and oxygen atoms in total. The van der Waals surface area contributed by atoms with Crippen LogP contribution in [0.2, 0.25) is 0 Å². The van der Waals surface area contributed by atoms with E-state index in [1.165, 1.54) is 25.1 Å². The second-order valence-corrected chi connectivity index (χ2v) is 7.40. The summed E-state index contributed by atoms with van der Waals surface area (Å²) in [5, 5.41) is 20.9. The molecule has 0 saturated carbocycles. The minimum Gasteiger partial charge on any atom is -0.394 e. The first kappa shape index (κ1) is 16.4. The first-order valence-electron chi connectivity index (χ1n) is 7.35. The number of hydrogen-bond donors (Lipinski definition) is 1. The Morgan fingerprint density at radius 3 is 2.62 bits per heavy atom. The van der Waals surface area contributed by atoms with Gasteiger partial charge in [0.25, 0.3) is 15.7 Å². The van der Waals surface area contributed by atoms with E-state index in [9.17, 15) is 23.6 Å². The molecular weight excluding hydrogens is 332 g/mol. The monoisotopic (exact) mass is 348 g/mol. The molecular formula is C16H16N2O5S. The number of nitro benzene ring substituents is 1. The number of hydrogen-bond acceptors (Lipinski definition) is 5. The van der Waals surface area contributed by atoms with Gasteiger partial charge in [0, 0.05) is 6.07 Å². The molecule has 1 heterocycles. The fraction of sp³-hybridized carbons (Fsp3) is 0.250. The number of rotatable bonds is 4. The van der Waals surface area contributed by atoms with Gasteiger partial charge >= 0.3 is 0 Å². The first-order valence-corrected chi connectivity index (χ1v) is 8.79. The molecule has 0 aliphatic carbocycles. The van der Waals surface area contributed by atoms with Crippen LogP contribution in [0.25, 0.3) is 0 Å². The van der Waals surface area contributed by atoms with Crippen LogP contribution in [0.3, 0.4) is 0 Å². The molecule has 8 heteroatoms. The van der Waals surface area contributed by atoms with Crippen molar-refractivity contribution in [1.29, 1.82) is 0 Å². The van der Waals surface area contributed by atoms with Gasteiger partial charge in [-0.05, 0) is 30.5 Å². The summed E-state index contributed by atoms with van der Waals surface area (Å²) in [6.45, 7) is 1.16. The van der Waals surface area contributed by atoms with Gasteiger partial charge in [0.15, 0.2) is 4.90 Å². The molecule has 126 valence electrons. The van der Waals surface area contributed by atoms with E-state index >= 15 is 0 Å². The van der Waals surface area contributed by atoms with E-state index in [4.69, 9.17) is 0 Å². The number of nitro groups is 1. The lowest BCUT2D eigenvalue weighted by molar-refractivity contribution is -0.387. The van der Waals surface area contributed by atoms with Crippen LogP contribution in [-0.2, 0) is 16.4 Å². The van der Waals surface area contributed by atoms with Crippen LogP contribution < -0.4 is 4.31 Å². The molecule has 0 radical (unpaired) electrons. The van der Waals surface area contributed by atoms with Crippen molar-refractivity contribution in [3.8, 4) is 0 Å². The quantitative estimate of drug-likeness (QED) is 0.673. The number of benzene rings is 2. The van der Waals surface area contributed by atoms with Crippen molar-refractivity contribution < 1.29 is 18.4 Å². The Labute approximate surface area is 139 Å². The number of aliphatic hydroxyl groups is 1. The molecule has 2 aromatic carbocycles. The Morgan fingerprint density at radius 1 is 1.25 bits per heavy atom. The minimum absolute atomic E-state index is 0.297. The number of nitrogens with zero attached hydrogens (tertiary/aromatic N) is 2.